The van der Waals surface area contributed by atoms with E-state index in [9.17, 15) is 0 Å². The van der Waals surface area contributed by atoms with Gasteiger partial charge in [-0.05, 0) is 25.2 Å². The Labute approximate surface area is 123 Å². The van der Waals surface area contributed by atoms with Crippen molar-refractivity contribution in [2.45, 2.75) is 0 Å². The molecule has 0 saturated carbocycles. The lowest BCUT2D eigenvalue weighted by molar-refractivity contribution is 0.158. The number of methoxy groups -OCH3 is 1. The minimum absolute atomic E-state index is 0.890. The van der Waals surface area contributed by atoms with Crippen LogP contribution in [-0.2, 0) is 0 Å². The number of anilines is 1. The SMILES string of the molecule is COc1ccc(Br)cc1NCCN1CCN(C)CC1. The lowest BCUT2D eigenvalue weighted by atomic mass is 10.3. The molecule has 1 fully saturated rings. The van der Waals surface area contributed by atoms with Gasteiger partial charge < -0.3 is 15.0 Å². The maximum absolute atomic E-state index is 5.35. The highest BCUT2D eigenvalue weighted by molar-refractivity contribution is 9.10. The van der Waals surface area contributed by atoms with E-state index in [2.05, 4.69) is 44.2 Å². The Morgan fingerprint density at radius 2 is 2.00 bits per heavy atom. The summed E-state index contributed by atoms with van der Waals surface area (Å²) < 4.78 is 6.42. The summed E-state index contributed by atoms with van der Waals surface area (Å²) >= 11 is 3.49. The Morgan fingerprint density at radius 1 is 1.26 bits per heavy atom. The lowest BCUT2D eigenvalue weighted by Gasteiger charge is -2.32. The van der Waals surface area contributed by atoms with Gasteiger partial charge in [0.25, 0.3) is 0 Å². The maximum Gasteiger partial charge on any atom is 0.142 e. The molecule has 0 atom stereocenters. The number of nitrogens with zero attached hydrogens (tertiary/aromatic N) is 2. The second-order valence-electron chi connectivity index (χ2n) is 4.92. The minimum Gasteiger partial charge on any atom is -0.495 e. The largest absolute Gasteiger partial charge is 0.495 e. The van der Waals surface area contributed by atoms with Gasteiger partial charge in [-0.1, -0.05) is 15.9 Å². The highest BCUT2D eigenvalue weighted by Gasteiger charge is 2.13. The summed E-state index contributed by atoms with van der Waals surface area (Å²) in [5, 5.41) is 3.45. The van der Waals surface area contributed by atoms with E-state index in [4.69, 9.17) is 4.74 Å². The molecule has 19 heavy (non-hydrogen) atoms. The van der Waals surface area contributed by atoms with Gasteiger partial charge in [-0.25, -0.2) is 0 Å². The molecule has 1 N–H and O–H groups in total. The Bertz CT molecular complexity index is 406. The van der Waals surface area contributed by atoms with Crippen molar-refractivity contribution in [1.82, 2.24) is 9.80 Å². The summed E-state index contributed by atoms with van der Waals surface area (Å²) in [4.78, 5) is 4.87. The predicted octanol–water partition coefficient (Wildman–Crippen LogP) is 2.12. The maximum atomic E-state index is 5.35. The van der Waals surface area contributed by atoms with E-state index in [0.717, 1.165) is 42.1 Å². The van der Waals surface area contributed by atoms with Gasteiger partial charge in [0, 0.05) is 43.7 Å². The van der Waals surface area contributed by atoms with Crippen molar-refractivity contribution < 1.29 is 4.74 Å². The van der Waals surface area contributed by atoms with E-state index in [1.807, 2.05) is 12.1 Å². The highest BCUT2D eigenvalue weighted by atomic mass is 79.9. The molecule has 106 valence electrons. The quantitative estimate of drug-likeness (QED) is 0.896. The van der Waals surface area contributed by atoms with Crippen LogP contribution in [0, 0.1) is 0 Å². The van der Waals surface area contributed by atoms with Crippen molar-refractivity contribution in [1.29, 1.82) is 0 Å². The van der Waals surface area contributed by atoms with Gasteiger partial charge in [-0.2, -0.15) is 0 Å². The second-order valence-corrected chi connectivity index (χ2v) is 5.83. The summed E-state index contributed by atoms with van der Waals surface area (Å²) in [5.74, 6) is 0.890. The summed E-state index contributed by atoms with van der Waals surface area (Å²) in [6.07, 6.45) is 0. The van der Waals surface area contributed by atoms with Gasteiger partial charge in [0.05, 0.1) is 12.8 Å². The second kappa shape index (κ2) is 7.12. The summed E-state index contributed by atoms with van der Waals surface area (Å²) in [5.41, 5.74) is 1.05. The molecule has 1 aromatic carbocycles. The smallest absolute Gasteiger partial charge is 0.142 e. The van der Waals surface area contributed by atoms with Crippen LogP contribution >= 0.6 is 15.9 Å². The van der Waals surface area contributed by atoms with Crippen LogP contribution in [0.5, 0.6) is 5.75 Å². The molecule has 1 heterocycles. The number of hydrogen-bond acceptors (Lipinski definition) is 4. The van der Waals surface area contributed by atoms with Crippen LogP contribution < -0.4 is 10.1 Å². The van der Waals surface area contributed by atoms with Crippen LogP contribution in [0.25, 0.3) is 0 Å². The highest BCUT2D eigenvalue weighted by Crippen LogP contribution is 2.27. The van der Waals surface area contributed by atoms with Gasteiger partial charge >= 0.3 is 0 Å². The van der Waals surface area contributed by atoms with E-state index in [1.165, 1.54) is 13.1 Å². The van der Waals surface area contributed by atoms with Crippen LogP contribution in [0.3, 0.4) is 0 Å². The minimum atomic E-state index is 0.890. The van der Waals surface area contributed by atoms with Crippen molar-refractivity contribution in [2.24, 2.45) is 0 Å². The first kappa shape index (κ1) is 14.6. The first-order chi connectivity index (χ1) is 9.19. The molecule has 0 spiro atoms. The number of hydrogen-bond donors (Lipinski definition) is 1. The van der Waals surface area contributed by atoms with Crippen LogP contribution in [0.2, 0.25) is 0 Å². The van der Waals surface area contributed by atoms with Crippen molar-refractivity contribution in [3.63, 3.8) is 0 Å². The zero-order chi connectivity index (χ0) is 13.7. The van der Waals surface area contributed by atoms with Crippen molar-refractivity contribution >= 4 is 21.6 Å². The fourth-order valence-corrected chi connectivity index (χ4v) is 2.60. The number of benzene rings is 1. The third-order valence-electron chi connectivity index (χ3n) is 3.50. The fourth-order valence-electron chi connectivity index (χ4n) is 2.24. The van der Waals surface area contributed by atoms with Crippen molar-refractivity contribution in [2.75, 3.05) is 58.7 Å². The molecule has 0 unspecified atom stereocenters. The topological polar surface area (TPSA) is 27.7 Å². The van der Waals surface area contributed by atoms with E-state index in [1.54, 1.807) is 7.11 Å². The molecule has 5 heteroatoms. The number of nitrogens with one attached hydrogen (secondary N) is 1. The monoisotopic (exact) mass is 327 g/mol. The molecule has 2 rings (SSSR count). The standard InChI is InChI=1S/C14H22BrN3O/c1-17-7-9-18(10-8-17)6-5-16-13-11-12(15)3-4-14(13)19-2/h3-4,11,16H,5-10H2,1-2H3. The summed E-state index contributed by atoms with van der Waals surface area (Å²) in [6.45, 7) is 6.67. The molecule has 0 aliphatic carbocycles. The molecule has 1 saturated heterocycles. The zero-order valence-corrected chi connectivity index (χ0v) is 13.2. The van der Waals surface area contributed by atoms with Gasteiger partial charge in [0.2, 0.25) is 0 Å². The van der Waals surface area contributed by atoms with Gasteiger partial charge in [0.15, 0.2) is 0 Å². The number of piperazine rings is 1. The third-order valence-corrected chi connectivity index (χ3v) is 3.99. The zero-order valence-electron chi connectivity index (χ0n) is 11.7. The van der Waals surface area contributed by atoms with E-state index in [-0.39, 0.29) is 0 Å². The number of halogens is 1. The molecule has 0 amide bonds. The predicted molar refractivity (Wildman–Crippen MR) is 83.1 cm³/mol. The normalized spacial score (nSPS) is 17.4. The fraction of sp³-hybridized carbons (Fsp3) is 0.571. The van der Waals surface area contributed by atoms with Crippen molar-refractivity contribution in [3.05, 3.63) is 22.7 Å². The molecule has 0 radical (unpaired) electrons. The van der Waals surface area contributed by atoms with Gasteiger partial charge in [-0.3, -0.25) is 4.90 Å². The van der Waals surface area contributed by atoms with E-state index >= 15 is 0 Å². The number of rotatable bonds is 5. The Hall–Kier alpha value is -0.780. The Morgan fingerprint density at radius 3 is 2.68 bits per heavy atom. The average Bonchev–Trinajstić information content (AvgIpc) is 2.41. The lowest BCUT2D eigenvalue weighted by Crippen LogP contribution is -2.45. The van der Waals surface area contributed by atoms with E-state index in [0.29, 0.717) is 0 Å². The Kier molecular flexibility index (Phi) is 5.48. The number of ether oxygens (including phenoxy) is 1. The molecule has 4 nitrogen and oxygen atoms in total. The molecule has 0 bridgehead atoms. The van der Waals surface area contributed by atoms with Gasteiger partial charge in [-0.15, -0.1) is 0 Å². The molecular formula is C14H22BrN3O. The molecular weight excluding hydrogens is 306 g/mol. The molecule has 1 aromatic rings. The first-order valence-corrected chi connectivity index (χ1v) is 7.46. The average molecular weight is 328 g/mol. The van der Waals surface area contributed by atoms with Crippen LogP contribution in [0.15, 0.2) is 22.7 Å². The van der Waals surface area contributed by atoms with Gasteiger partial charge in [0.1, 0.15) is 5.75 Å². The summed E-state index contributed by atoms with van der Waals surface area (Å²) in [6, 6.07) is 6.02. The molecule has 1 aliphatic heterocycles. The van der Waals surface area contributed by atoms with Crippen LogP contribution in [-0.4, -0.2) is 63.2 Å². The van der Waals surface area contributed by atoms with Crippen molar-refractivity contribution in [3.8, 4) is 5.75 Å². The van der Waals surface area contributed by atoms with Crippen LogP contribution in [0.1, 0.15) is 0 Å². The molecule has 1 aliphatic rings. The van der Waals surface area contributed by atoms with Crippen LogP contribution in [0.4, 0.5) is 5.69 Å². The Balaban J connectivity index is 1.80. The third kappa shape index (κ3) is 4.37. The van der Waals surface area contributed by atoms with E-state index < -0.39 is 0 Å². The number of likely N-dealkylation sites (N-methyl/N-ethyl adjacent to an activating group) is 1. The first-order valence-electron chi connectivity index (χ1n) is 6.67. The molecule has 0 aromatic heterocycles. The summed E-state index contributed by atoms with van der Waals surface area (Å²) in [7, 11) is 3.89.